The van der Waals surface area contributed by atoms with Gasteiger partial charge >= 0.3 is 0 Å². The summed E-state index contributed by atoms with van der Waals surface area (Å²) < 4.78 is 0. The van der Waals surface area contributed by atoms with E-state index in [1.54, 1.807) is 0 Å². The molecule has 0 aliphatic rings. The summed E-state index contributed by atoms with van der Waals surface area (Å²) in [5.41, 5.74) is 0. The molecule has 0 radical (unpaired) electrons. The zero-order valence-electron chi connectivity index (χ0n) is 14.4. The highest BCUT2D eigenvalue weighted by atomic mass is 17.7. The van der Waals surface area contributed by atoms with E-state index in [9.17, 15) is 0 Å². The van der Waals surface area contributed by atoms with Crippen LogP contribution in [0.15, 0.2) is 0 Å². The Morgan fingerprint density at radius 2 is 1.24 bits per heavy atom. The third kappa shape index (κ3) is 16.0. The Bertz CT molecular complexity index is 172. The first-order valence-corrected chi connectivity index (χ1v) is 8.96. The van der Waals surface area contributed by atoms with Crippen molar-refractivity contribution < 1.29 is 19.9 Å². The summed E-state index contributed by atoms with van der Waals surface area (Å²) in [6.07, 6.45) is 14.3. The van der Waals surface area contributed by atoms with Crippen molar-refractivity contribution in [2.24, 2.45) is 0 Å². The van der Waals surface area contributed by atoms with E-state index in [4.69, 9.17) is 14.8 Å². The van der Waals surface area contributed by atoms with Gasteiger partial charge in [-0.15, -0.1) is 0 Å². The molecule has 0 bridgehead atoms. The van der Waals surface area contributed by atoms with E-state index >= 15 is 0 Å². The molecule has 0 rings (SSSR count). The van der Waals surface area contributed by atoms with Crippen LogP contribution in [0.25, 0.3) is 0 Å². The summed E-state index contributed by atoms with van der Waals surface area (Å²) in [5, 5.41) is 9.30. The number of hydrogen-bond acceptors (Lipinski definition) is 4. The normalized spacial score (nSPS) is 12.7. The van der Waals surface area contributed by atoms with Crippen molar-refractivity contribution in [3.8, 4) is 0 Å². The Labute approximate surface area is 131 Å². The van der Waals surface area contributed by atoms with Crippen LogP contribution in [0.5, 0.6) is 0 Å². The quantitative estimate of drug-likeness (QED) is 0.190. The van der Waals surface area contributed by atoms with Gasteiger partial charge in [-0.25, -0.2) is 9.78 Å². The summed E-state index contributed by atoms with van der Waals surface area (Å²) >= 11 is 0. The monoisotopic (exact) mass is 304 g/mol. The Morgan fingerprint density at radius 3 is 1.95 bits per heavy atom. The lowest BCUT2D eigenvalue weighted by molar-refractivity contribution is -0.642. The van der Waals surface area contributed by atoms with Crippen LogP contribution in [0.4, 0.5) is 0 Å². The number of unbranched alkanes of at least 4 members (excludes halogenated alkanes) is 7. The molecule has 0 N–H and O–H groups in total. The third-order valence-electron chi connectivity index (χ3n) is 3.59. The van der Waals surface area contributed by atoms with Gasteiger partial charge in [0.15, 0.2) is 0 Å². The molecule has 0 saturated carbocycles. The Morgan fingerprint density at radius 1 is 0.619 bits per heavy atom. The molecule has 0 saturated heterocycles. The second-order valence-corrected chi connectivity index (χ2v) is 5.73. The molecule has 1 atom stereocenters. The summed E-state index contributed by atoms with van der Waals surface area (Å²) in [7, 11) is 0. The average molecular weight is 304 g/mol. The van der Waals surface area contributed by atoms with Gasteiger partial charge in [0.05, 0.1) is 12.7 Å². The van der Waals surface area contributed by atoms with Crippen LogP contribution in [0.2, 0.25) is 0 Å². The summed E-state index contributed by atoms with van der Waals surface area (Å²) in [6, 6.07) is 0. The van der Waals surface area contributed by atoms with Crippen molar-refractivity contribution in [1.29, 1.82) is 0 Å². The maximum atomic E-state index is 5.30. The van der Waals surface area contributed by atoms with Gasteiger partial charge in [0.2, 0.25) is 0 Å². The lowest BCUT2D eigenvalue weighted by Crippen LogP contribution is -2.14. The van der Waals surface area contributed by atoms with Crippen LogP contribution < -0.4 is 0 Å². The first-order valence-electron chi connectivity index (χ1n) is 8.96. The number of rotatable bonds is 17. The Hall–Kier alpha value is -0.160. The molecule has 0 heterocycles. The van der Waals surface area contributed by atoms with E-state index in [1.165, 1.54) is 44.9 Å². The molecule has 1 unspecified atom stereocenters. The summed E-state index contributed by atoms with van der Waals surface area (Å²) in [4.78, 5) is 10.2. The van der Waals surface area contributed by atoms with Crippen LogP contribution in [-0.4, -0.2) is 12.7 Å². The topological polar surface area (TPSA) is 36.9 Å². The maximum Gasteiger partial charge on any atom is 0.0962 e. The predicted octanol–water partition coefficient (Wildman–Crippen LogP) is 5.91. The van der Waals surface area contributed by atoms with Crippen molar-refractivity contribution in [2.45, 2.75) is 104 Å². The second kappa shape index (κ2) is 17.9. The van der Waals surface area contributed by atoms with Gasteiger partial charge in [0, 0.05) is 0 Å². The molecule has 4 heteroatoms. The molecule has 0 aromatic heterocycles. The second-order valence-electron chi connectivity index (χ2n) is 5.73. The third-order valence-corrected chi connectivity index (χ3v) is 3.59. The fraction of sp³-hybridized carbons (Fsp3) is 1.00. The van der Waals surface area contributed by atoms with Gasteiger partial charge < -0.3 is 0 Å². The SMILES string of the molecule is CCCCCCCCC(CCCC)OOOOCCCC. The molecule has 128 valence electrons. The van der Waals surface area contributed by atoms with Crippen molar-refractivity contribution >= 4 is 0 Å². The van der Waals surface area contributed by atoms with Gasteiger partial charge in [-0.1, -0.05) is 78.6 Å². The molecule has 0 aliphatic carbocycles. The van der Waals surface area contributed by atoms with Crippen LogP contribution in [0.3, 0.4) is 0 Å². The van der Waals surface area contributed by atoms with Gasteiger partial charge in [-0.3, -0.25) is 0 Å². The van der Waals surface area contributed by atoms with Crippen molar-refractivity contribution in [1.82, 2.24) is 0 Å². The minimum atomic E-state index is 0.117. The van der Waals surface area contributed by atoms with Crippen molar-refractivity contribution in [3.63, 3.8) is 0 Å². The lowest BCUT2D eigenvalue weighted by Gasteiger charge is -2.14. The lowest BCUT2D eigenvalue weighted by atomic mass is 10.0. The molecule has 0 spiro atoms. The Balaban J connectivity index is 3.56. The zero-order valence-corrected chi connectivity index (χ0v) is 14.4. The van der Waals surface area contributed by atoms with E-state index in [1.807, 2.05) is 0 Å². The summed E-state index contributed by atoms with van der Waals surface area (Å²) in [5.74, 6) is 0. The Kier molecular flexibility index (Phi) is 17.8. The predicted molar refractivity (Wildman–Crippen MR) is 85.4 cm³/mol. The molecule has 0 aromatic carbocycles. The van der Waals surface area contributed by atoms with Crippen molar-refractivity contribution in [3.05, 3.63) is 0 Å². The highest BCUT2D eigenvalue weighted by molar-refractivity contribution is 4.57. The summed E-state index contributed by atoms with van der Waals surface area (Å²) in [6.45, 7) is 7.07. The van der Waals surface area contributed by atoms with Gasteiger partial charge in [-0.05, 0) is 29.3 Å². The molecular formula is C17H36O4. The highest BCUT2D eigenvalue weighted by Gasteiger charge is 2.10. The first kappa shape index (κ1) is 20.8. The van der Waals surface area contributed by atoms with Crippen LogP contribution in [-0.2, 0) is 19.9 Å². The fourth-order valence-corrected chi connectivity index (χ4v) is 2.15. The van der Waals surface area contributed by atoms with Crippen LogP contribution in [0, 0.1) is 0 Å². The van der Waals surface area contributed by atoms with Crippen LogP contribution in [0.1, 0.15) is 97.8 Å². The maximum absolute atomic E-state index is 5.30. The smallest absolute Gasteiger partial charge is 0.0962 e. The first-order chi connectivity index (χ1) is 10.3. The fourth-order valence-electron chi connectivity index (χ4n) is 2.15. The van der Waals surface area contributed by atoms with E-state index in [2.05, 4.69) is 25.8 Å². The van der Waals surface area contributed by atoms with Crippen molar-refractivity contribution in [2.75, 3.05) is 6.61 Å². The molecule has 0 amide bonds. The van der Waals surface area contributed by atoms with E-state index < -0.39 is 0 Å². The molecule has 0 fully saturated rings. The largest absolute Gasteiger partial charge is 0.204 e. The standard InChI is InChI=1S/C17H36O4/c1-4-7-10-11-12-13-15-17(14-8-5-2)19-21-20-18-16-9-6-3/h17H,4-16H2,1-3H3. The minimum absolute atomic E-state index is 0.117. The minimum Gasteiger partial charge on any atom is -0.204 e. The van der Waals surface area contributed by atoms with E-state index in [-0.39, 0.29) is 6.10 Å². The molecule has 0 aliphatic heterocycles. The van der Waals surface area contributed by atoms with E-state index in [0.717, 1.165) is 32.1 Å². The van der Waals surface area contributed by atoms with Gasteiger partial charge in [0.1, 0.15) is 0 Å². The van der Waals surface area contributed by atoms with Gasteiger partial charge in [-0.2, -0.15) is 0 Å². The molecular weight excluding hydrogens is 268 g/mol. The number of hydrogen-bond donors (Lipinski definition) is 0. The molecule has 0 aromatic rings. The molecule has 21 heavy (non-hydrogen) atoms. The van der Waals surface area contributed by atoms with Crippen LogP contribution >= 0.6 is 0 Å². The highest BCUT2D eigenvalue weighted by Crippen LogP contribution is 2.15. The average Bonchev–Trinajstić information content (AvgIpc) is 2.50. The molecule has 4 nitrogen and oxygen atoms in total. The van der Waals surface area contributed by atoms with Gasteiger partial charge in [0.25, 0.3) is 0 Å². The van der Waals surface area contributed by atoms with E-state index in [0.29, 0.717) is 6.61 Å². The zero-order chi connectivity index (χ0) is 15.6.